The summed E-state index contributed by atoms with van der Waals surface area (Å²) in [7, 11) is 1.67. The van der Waals surface area contributed by atoms with E-state index in [0.29, 0.717) is 6.54 Å². The zero-order valence-electron chi connectivity index (χ0n) is 10.2. The lowest BCUT2D eigenvalue weighted by atomic mass is 10.0. The highest BCUT2D eigenvalue weighted by Crippen LogP contribution is 2.28. The van der Waals surface area contributed by atoms with Gasteiger partial charge in [-0.3, -0.25) is 0 Å². The van der Waals surface area contributed by atoms with Gasteiger partial charge in [0, 0.05) is 31.4 Å². The molecule has 17 heavy (non-hydrogen) atoms. The van der Waals surface area contributed by atoms with Crippen LogP contribution in [0.1, 0.15) is 18.4 Å². The van der Waals surface area contributed by atoms with E-state index in [1.54, 1.807) is 7.11 Å². The average Bonchev–Trinajstić information content (AvgIpc) is 2.39. The molecule has 1 saturated heterocycles. The van der Waals surface area contributed by atoms with Gasteiger partial charge in [-0.15, -0.1) is 0 Å². The molecule has 4 heteroatoms. The van der Waals surface area contributed by atoms with Crippen LogP contribution in [0.3, 0.4) is 0 Å². The fourth-order valence-electron chi connectivity index (χ4n) is 2.24. The van der Waals surface area contributed by atoms with Gasteiger partial charge < -0.3 is 20.5 Å². The Hall–Kier alpha value is -1.26. The zero-order valence-corrected chi connectivity index (χ0v) is 10.2. The SMILES string of the molecule is COc1ccc(CN)c(N2CCC(O)CC2)c1. The van der Waals surface area contributed by atoms with Gasteiger partial charge in [-0.05, 0) is 24.5 Å². The third-order valence-corrected chi connectivity index (χ3v) is 3.32. The number of rotatable bonds is 3. The number of ether oxygens (including phenoxy) is 1. The van der Waals surface area contributed by atoms with Gasteiger partial charge in [-0.25, -0.2) is 0 Å². The summed E-state index contributed by atoms with van der Waals surface area (Å²) >= 11 is 0. The highest BCUT2D eigenvalue weighted by molar-refractivity contribution is 5.57. The largest absolute Gasteiger partial charge is 0.497 e. The van der Waals surface area contributed by atoms with Crippen molar-refractivity contribution in [3.8, 4) is 5.75 Å². The van der Waals surface area contributed by atoms with Crippen molar-refractivity contribution >= 4 is 5.69 Å². The van der Waals surface area contributed by atoms with Crippen LogP contribution in [0.2, 0.25) is 0 Å². The van der Waals surface area contributed by atoms with Crippen LogP contribution in [0, 0.1) is 0 Å². The predicted molar refractivity (Wildman–Crippen MR) is 68.3 cm³/mol. The van der Waals surface area contributed by atoms with Gasteiger partial charge in [0.2, 0.25) is 0 Å². The number of aliphatic hydroxyl groups is 1. The van der Waals surface area contributed by atoms with Crippen LogP contribution in [-0.4, -0.2) is 31.4 Å². The maximum absolute atomic E-state index is 9.53. The van der Waals surface area contributed by atoms with Crippen LogP contribution >= 0.6 is 0 Å². The normalized spacial score (nSPS) is 17.2. The molecule has 3 N–H and O–H groups in total. The molecule has 0 saturated carbocycles. The van der Waals surface area contributed by atoms with Gasteiger partial charge >= 0.3 is 0 Å². The van der Waals surface area contributed by atoms with Crippen LogP contribution in [0.4, 0.5) is 5.69 Å². The van der Waals surface area contributed by atoms with E-state index in [1.807, 2.05) is 18.2 Å². The first-order valence-corrected chi connectivity index (χ1v) is 6.04. The highest BCUT2D eigenvalue weighted by atomic mass is 16.5. The third kappa shape index (κ3) is 2.70. The molecule has 0 aromatic heterocycles. The van der Waals surface area contributed by atoms with Crippen LogP contribution in [0.25, 0.3) is 0 Å². The van der Waals surface area contributed by atoms with Gasteiger partial charge in [0.1, 0.15) is 5.75 Å². The lowest BCUT2D eigenvalue weighted by Crippen LogP contribution is -2.36. The molecule has 2 rings (SSSR count). The lowest BCUT2D eigenvalue weighted by molar-refractivity contribution is 0.145. The Morgan fingerprint density at radius 3 is 2.71 bits per heavy atom. The number of anilines is 1. The summed E-state index contributed by atoms with van der Waals surface area (Å²) in [6.45, 7) is 2.28. The summed E-state index contributed by atoms with van der Waals surface area (Å²) in [5, 5.41) is 9.53. The number of methoxy groups -OCH3 is 1. The molecule has 1 fully saturated rings. The molecule has 0 atom stereocenters. The quantitative estimate of drug-likeness (QED) is 0.825. The number of piperidine rings is 1. The maximum atomic E-state index is 9.53. The van der Waals surface area contributed by atoms with E-state index in [0.717, 1.165) is 42.9 Å². The smallest absolute Gasteiger partial charge is 0.120 e. The molecule has 1 aromatic rings. The molecule has 1 aliphatic rings. The molecule has 0 spiro atoms. The molecule has 1 heterocycles. The Morgan fingerprint density at radius 1 is 1.41 bits per heavy atom. The molecular weight excluding hydrogens is 216 g/mol. The Balaban J connectivity index is 2.23. The van der Waals surface area contributed by atoms with Crippen molar-refractivity contribution in [3.05, 3.63) is 23.8 Å². The van der Waals surface area contributed by atoms with Crippen LogP contribution in [0.15, 0.2) is 18.2 Å². The number of benzene rings is 1. The van der Waals surface area contributed by atoms with Crippen LogP contribution in [-0.2, 0) is 6.54 Å². The van der Waals surface area contributed by atoms with E-state index >= 15 is 0 Å². The molecule has 0 bridgehead atoms. The zero-order chi connectivity index (χ0) is 12.3. The number of aliphatic hydroxyl groups excluding tert-OH is 1. The van der Waals surface area contributed by atoms with E-state index in [2.05, 4.69) is 4.90 Å². The van der Waals surface area contributed by atoms with E-state index in [-0.39, 0.29) is 6.10 Å². The molecule has 0 radical (unpaired) electrons. The second-order valence-corrected chi connectivity index (χ2v) is 4.42. The molecule has 0 aliphatic carbocycles. The van der Waals surface area contributed by atoms with Gasteiger partial charge in [-0.2, -0.15) is 0 Å². The maximum Gasteiger partial charge on any atom is 0.120 e. The van der Waals surface area contributed by atoms with E-state index in [4.69, 9.17) is 10.5 Å². The second-order valence-electron chi connectivity index (χ2n) is 4.42. The summed E-state index contributed by atoms with van der Waals surface area (Å²) in [6.07, 6.45) is 1.49. The fraction of sp³-hybridized carbons (Fsp3) is 0.538. The minimum atomic E-state index is -0.154. The standard InChI is InChI=1S/C13H20N2O2/c1-17-12-3-2-10(9-14)13(8-12)15-6-4-11(16)5-7-15/h2-3,8,11,16H,4-7,9,14H2,1H3. The molecule has 0 unspecified atom stereocenters. The Labute approximate surface area is 102 Å². The third-order valence-electron chi connectivity index (χ3n) is 3.32. The van der Waals surface area contributed by atoms with E-state index < -0.39 is 0 Å². The monoisotopic (exact) mass is 236 g/mol. The molecule has 1 aliphatic heterocycles. The first-order valence-electron chi connectivity index (χ1n) is 6.04. The van der Waals surface area contributed by atoms with E-state index in [1.165, 1.54) is 0 Å². The lowest BCUT2D eigenvalue weighted by Gasteiger charge is -2.33. The summed E-state index contributed by atoms with van der Waals surface area (Å²) in [6, 6.07) is 5.98. The molecule has 94 valence electrons. The van der Waals surface area contributed by atoms with Crippen LogP contribution in [0.5, 0.6) is 5.75 Å². The van der Waals surface area contributed by atoms with Crippen molar-refractivity contribution in [2.24, 2.45) is 5.73 Å². The minimum absolute atomic E-state index is 0.154. The average molecular weight is 236 g/mol. The van der Waals surface area contributed by atoms with Crippen molar-refractivity contribution in [1.82, 2.24) is 0 Å². The van der Waals surface area contributed by atoms with Gasteiger partial charge in [-0.1, -0.05) is 6.07 Å². The number of hydrogen-bond acceptors (Lipinski definition) is 4. The minimum Gasteiger partial charge on any atom is -0.497 e. The summed E-state index contributed by atoms with van der Waals surface area (Å²) in [4.78, 5) is 2.28. The van der Waals surface area contributed by atoms with Crippen molar-refractivity contribution < 1.29 is 9.84 Å². The first kappa shape index (κ1) is 12.2. The van der Waals surface area contributed by atoms with Gasteiger partial charge in [0.25, 0.3) is 0 Å². The van der Waals surface area contributed by atoms with Crippen molar-refractivity contribution in [2.75, 3.05) is 25.1 Å². The number of hydrogen-bond donors (Lipinski definition) is 2. The summed E-state index contributed by atoms with van der Waals surface area (Å²) in [5.74, 6) is 0.850. The van der Waals surface area contributed by atoms with Gasteiger partial charge in [0.15, 0.2) is 0 Å². The second kappa shape index (κ2) is 5.38. The molecular formula is C13H20N2O2. The Bertz CT molecular complexity index is 374. The highest BCUT2D eigenvalue weighted by Gasteiger charge is 2.19. The fourth-order valence-corrected chi connectivity index (χ4v) is 2.24. The predicted octanol–water partition coefficient (Wildman–Crippen LogP) is 1.11. The number of nitrogens with two attached hydrogens (primary N) is 1. The van der Waals surface area contributed by atoms with Crippen molar-refractivity contribution in [1.29, 1.82) is 0 Å². The van der Waals surface area contributed by atoms with Crippen molar-refractivity contribution in [3.63, 3.8) is 0 Å². The summed E-state index contributed by atoms with van der Waals surface area (Å²) in [5.41, 5.74) is 8.02. The first-order chi connectivity index (χ1) is 8.24. The van der Waals surface area contributed by atoms with Gasteiger partial charge in [0.05, 0.1) is 13.2 Å². The van der Waals surface area contributed by atoms with Crippen molar-refractivity contribution in [2.45, 2.75) is 25.5 Å². The summed E-state index contributed by atoms with van der Waals surface area (Å²) < 4.78 is 5.25. The Kier molecular flexibility index (Phi) is 3.86. The van der Waals surface area contributed by atoms with E-state index in [9.17, 15) is 5.11 Å². The number of nitrogens with zero attached hydrogens (tertiary/aromatic N) is 1. The van der Waals surface area contributed by atoms with Crippen LogP contribution < -0.4 is 15.4 Å². The molecule has 0 amide bonds. The molecule has 1 aromatic carbocycles. The topological polar surface area (TPSA) is 58.7 Å². The Morgan fingerprint density at radius 2 is 2.12 bits per heavy atom. The molecule has 4 nitrogen and oxygen atoms in total.